The fourth-order valence-electron chi connectivity index (χ4n) is 6.42. The fourth-order valence-corrected chi connectivity index (χ4v) is 6.42. The van der Waals surface area contributed by atoms with Crippen molar-refractivity contribution in [3.05, 3.63) is 24.3 Å². The number of alkyl halides is 4. The summed E-state index contributed by atoms with van der Waals surface area (Å²) in [5.74, 6) is 1.26. The van der Waals surface area contributed by atoms with Gasteiger partial charge in [-0.25, -0.2) is 14.4 Å². The Morgan fingerprint density at radius 3 is 2.51 bits per heavy atom. The highest BCUT2D eigenvalue weighted by atomic mass is 19.4. The maximum absolute atomic E-state index is 12.8. The molecule has 5 fully saturated rings. The maximum atomic E-state index is 12.8. The number of aromatic nitrogens is 3. The molecule has 11 heteroatoms. The minimum absolute atomic E-state index is 0.0150. The van der Waals surface area contributed by atoms with Crippen molar-refractivity contribution in [2.45, 2.75) is 56.0 Å². The first-order valence-electron chi connectivity index (χ1n) is 12.4. The summed E-state index contributed by atoms with van der Waals surface area (Å²) >= 11 is 0. The van der Waals surface area contributed by atoms with E-state index in [9.17, 15) is 17.6 Å². The number of nitrogen functional groups attached to an aromatic ring is 1. The first kappa shape index (κ1) is 23.0. The zero-order chi connectivity index (χ0) is 24.4. The van der Waals surface area contributed by atoms with Crippen molar-refractivity contribution in [3.8, 4) is 17.0 Å². The minimum Gasteiger partial charge on any atom is -0.402 e. The van der Waals surface area contributed by atoms with Crippen LogP contribution >= 0.6 is 0 Å². The van der Waals surface area contributed by atoms with E-state index < -0.39 is 12.1 Å². The van der Waals surface area contributed by atoms with Crippen molar-refractivity contribution in [1.29, 1.82) is 0 Å². The molecule has 2 bridgehead atoms. The largest absolute Gasteiger partial charge is 0.573 e. The van der Waals surface area contributed by atoms with Crippen LogP contribution in [0.15, 0.2) is 18.5 Å². The lowest BCUT2D eigenvalue weighted by molar-refractivity contribution is -0.274. The molecule has 0 aromatic carbocycles. The molecular weight excluding hydrogens is 464 g/mol. The molecule has 5 aliphatic rings. The van der Waals surface area contributed by atoms with E-state index in [0.717, 1.165) is 64.1 Å². The topological polar surface area (TPSA) is 72.4 Å². The first-order chi connectivity index (χ1) is 16.7. The molecule has 4 aliphatic carbocycles. The second-order valence-corrected chi connectivity index (χ2v) is 10.5. The average Bonchev–Trinajstić information content (AvgIpc) is 3.26. The number of nitrogens with zero attached hydrogens (tertiary/aromatic N) is 5. The lowest BCUT2D eigenvalue weighted by atomic mass is 9.76. The maximum Gasteiger partial charge on any atom is 0.573 e. The van der Waals surface area contributed by atoms with E-state index in [0.29, 0.717) is 35.7 Å². The summed E-state index contributed by atoms with van der Waals surface area (Å²) in [6.45, 7) is 3.99. The number of hydrogen-bond donors (Lipinski definition) is 1. The highest BCUT2D eigenvalue weighted by Gasteiger charge is 2.59. The molecule has 190 valence electrons. The van der Waals surface area contributed by atoms with Crippen molar-refractivity contribution in [1.82, 2.24) is 24.3 Å². The summed E-state index contributed by atoms with van der Waals surface area (Å²) in [5, 5.41) is 0. The highest BCUT2D eigenvalue weighted by molar-refractivity contribution is 5.64. The quantitative estimate of drug-likeness (QED) is 0.591. The summed E-state index contributed by atoms with van der Waals surface area (Å²) in [5.41, 5.74) is 6.70. The standard InChI is InChI=1S/C24H30F4N6O/c25-3-4-32-5-7-33(8-6-32)19-12-23(10-17(19)11-23)34-14-18(31-22(34)15-1-2-15)16-9-20(21(29)30-13-16)35-24(26,27)28/h9,13-15,17,19H,1-8,10-12H2,(H2,29,30). The average molecular weight is 495 g/mol. The van der Waals surface area contributed by atoms with E-state index in [-0.39, 0.29) is 18.0 Å². The van der Waals surface area contributed by atoms with Gasteiger partial charge in [0.1, 0.15) is 12.5 Å². The SMILES string of the molecule is Nc1ncc(-c2cn(C34CC(C3)C(N3CCN(CCF)CC3)C4)c(C3CC3)n2)cc1OC(F)(F)F. The summed E-state index contributed by atoms with van der Waals surface area (Å²) < 4.78 is 57.5. The van der Waals surface area contributed by atoms with E-state index in [1.807, 2.05) is 6.20 Å². The van der Waals surface area contributed by atoms with E-state index in [4.69, 9.17) is 10.7 Å². The van der Waals surface area contributed by atoms with Crippen LogP contribution in [0, 0.1) is 5.92 Å². The van der Waals surface area contributed by atoms with Crippen LogP contribution < -0.4 is 10.5 Å². The molecule has 1 unspecified atom stereocenters. The predicted octanol–water partition coefficient (Wildman–Crippen LogP) is 3.77. The number of imidazole rings is 1. The highest BCUT2D eigenvalue weighted by Crippen LogP contribution is 2.60. The molecule has 3 heterocycles. The Labute approximate surface area is 201 Å². The molecule has 1 saturated heterocycles. The van der Waals surface area contributed by atoms with Gasteiger partial charge in [-0.3, -0.25) is 9.80 Å². The molecule has 0 spiro atoms. The van der Waals surface area contributed by atoms with Crippen molar-refractivity contribution < 1.29 is 22.3 Å². The Kier molecular flexibility index (Phi) is 5.48. The molecule has 7 nitrogen and oxygen atoms in total. The number of hydrogen-bond acceptors (Lipinski definition) is 6. The summed E-state index contributed by atoms with van der Waals surface area (Å²) in [6, 6.07) is 1.79. The third-order valence-corrected chi connectivity index (χ3v) is 8.28. The minimum atomic E-state index is -4.84. The molecule has 1 aliphatic heterocycles. The monoisotopic (exact) mass is 494 g/mol. The van der Waals surface area contributed by atoms with Crippen molar-refractivity contribution in [2.75, 3.05) is 45.1 Å². The van der Waals surface area contributed by atoms with Gasteiger partial charge in [-0.05, 0) is 44.1 Å². The Morgan fingerprint density at radius 1 is 1.11 bits per heavy atom. The van der Waals surface area contributed by atoms with Gasteiger partial charge in [0.15, 0.2) is 11.6 Å². The van der Waals surface area contributed by atoms with Crippen LogP contribution in [0.5, 0.6) is 5.75 Å². The van der Waals surface area contributed by atoms with Gasteiger partial charge in [-0.2, -0.15) is 0 Å². The molecule has 7 rings (SSSR count). The van der Waals surface area contributed by atoms with E-state index >= 15 is 0 Å². The number of pyridine rings is 1. The van der Waals surface area contributed by atoms with Crippen molar-refractivity contribution in [3.63, 3.8) is 0 Å². The molecule has 0 amide bonds. The molecule has 4 saturated carbocycles. The molecule has 35 heavy (non-hydrogen) atoms. The van der Waals surface area contributed by atoms with Crippen LogP contribution in [0.25, 0.3) is 11.3 Å². The molecule has 0 radical (unpaired) electrons. The molecular formula is C24H30F4N6O. The lowest BCUT2D eigenvalue weighted by Gasteiger charge is -2.42. The summed E-state index contributed by atoms with van der Waals surface area (Å²) in [7, 11) is 0. The Hall–Kier alpha value is -2.40. The predicted molar refractivity (Wildman–Crippen MR) is 122 cm³/mol. The lowest BCUT2D eigenvalue weighted by Crippen LogP contribution is -2.51. The Balaban J connectivity index is 1.24. The number of nitrogens with two attached hydrogens (primary N) is 1. The van der Waals surface area contributed by atoms with Gasteiger partial charge in [0.25, 0.3) is 0 Å². The second kappa shape index (κ2) is 8.33. The number of anilines is 1. The number of fused-ring (bicyclic) bond motifs is 1. The normalized spacial score (nSPS) is 29.4. The van der Waals surface area contributed by atoms with Crippen LogP contribution in [0.3, 0.4) is 0 Å². The van der Waals surface area contributed by atoms with Gasteiger partial charge in [0, 0.05) is 68.2 Å². The fraction of sp³-hybridized carbons (Fsp3) is 0.667. The smallest absolute Gasteiger partial charge is 0.402 e. The van der Waals surface area contributed by atoms with Gasteiger partial charge < -0.3 is 15.0 Å². The first-order valence-corrected chi connectivity index (χ1v) is 12.4. The van der Waals surface area contributed by atoms with Crippen LogP contribution in [0.1, 0.15) is 43.8 Å². The van der Waals surface area contributed by atoms with Crippen LogP contribution in [0.2, 0.25) is 0 Å². The van der Waals surface area contributed by atoms with Gasteiger partial charge in [-0.15, -0.1) is 13.2 Å². The molecule has 2 aromatic heterocycles. The third-order valence-electron chi connectivity index (χ3n) is 8.28. The van der Waals surface area contributed by atoms with Crippen LogP contribution in [-0.4, -0.2) is 76.1 Å². The van der Waals surface area contributed by atoms with Gasteiger partial charge >= 0.3 is 6.36 Å². The number of ether oxygens (including phenoxy) is 1. The summed E-state index contributed by atoms with van der Waals surface area (Å²) in [4.78, 5) is 13.6. The number of piperazine rings is 1. The van der Waals surface area contributed by atoms with Gasteiger partial charge in [0.05, 0.1) is 5.69 Å². The molecule has 2 N–H and O–H groups in total. The van der Waals surface area contributed by atoms with Crippen molar-refractivity contribution >= 4 is 5.82 Å². The Bertz CT molecular complexity index is 1090. The zero-order valence-electron chi connectivity index (χ0n) is 19.5. The molecule has 1 atom stereocenters. The summed E-state index contributed by atoms with van der Waals surface area (Å²) in [6.07, 6.45) is 4.02. The van der Waals surface area contributed by atoms with E-state index in [1.54, 1.807) is 0 Å². The van der Waals surface area contributed by atoms with E-state index in [1.165, 1.54) is 12.3 Å². The van der Waals surface area contributed by atoms with Crippen LogP contribution in [0.4, 0.5) is 23.4 Å². The zero-order valence-corrected chi connectivity index (χ0v) is 19.5. The third kappa shape index (κ3) is 4.26. The molecule has 2 aromatic rings. The van der Waals surface area contributed by atoms with Crippen LogP contribution in [-0.2, 0) is 5.54 Å². The number of halogens is 4. The van der Waals surface area contributed by atoms with E-state index in [2.05, 4.69) is 24.1 Å². The van der Waals surface area contributed by atoms with Gasteiger partial charge in [0.2, 0.25) is 0 Å². The second-order valence-electron chi connectivity index (χ2n) is 10.5. The number of rotatable bonds is 7. The Morgan fingerprint density at radius 2 is 1.86 bits per heavy atom. The van der Waals surface area contributed by atoms with Crippen molar-refractivity contribution in [2.24, 2.45) is 5.92 Å². The van der Waals surface area contributed by atoms with Gasteiger partial charge in [-0.1, -0.05) is 0 Å².